The van der Waals surface area contributed by atoms with Gasteiger partial charge >= 0.3 is 0 Å². The summed E-state index contributed by atoms with van der Waals surface area (Å²) in [5.74, 6) is 0.505. The number of carbonyl (C=O) groups is 1. The molecule has 1 N–H and O–H groups in total. The lowest BCUT2D eigenvalue weighted by Gasteiger charge is -2.35. The first-order valence-electron chi connectivity index (χ1n) is 11.2. The van der Waals surface area contributed by atoms with Crippen molar-refractivity contribution in [3.63, 3.8) is 0 Å². The van der Waals surface area contributed by atoms with E-state index in [0.29, 0.717) is 39.0 Å². The monoisotopic (exact) mass is 494 g/mol. The number of piperazine rings is 1. The molecule has 3 aromatic carbocycles. The normalized spacial score (nSPS) is 17.7. The molecule has 2 aliphatic heterocycles. The number of ketones is 1. The van der Waals surface area contributed by atoms with Crippen molar-refractivity contribution in [3.05, 3.63) is 98.7 Å². The average Bonchev–Trinajstić information content (AvgIpc) is 3.15. The fourth-order valence-electron chi connectivity index (χ4n) is 4.38. The van der Waals surface area contributed by atoms with Gasteiger partial charge in [0.1, 0.15) is 11.5 Å². The largest absolute Gasteiger partial charge is 0.507 e. The zero-order valence-corrected chi connectivity index (χ0v) is 20.0. The van der Waals surface area contributed by atoms with Gasteiger partial charge in [0.15, 0.2) is 5.76 Å². The molecule has 0 unspecified atom stereocenters. The molecule has 7 heteroatoms. The molecule has 1 fully saturated rings. The van der Waals surface area contributed by atoms with Crippen LogP contribution in [0.4, 0.5) is 0 Å². The Hall–Kier alpha value is -2.83. The van der Waals surface area contributed by atoms with Crippen LogP contribution in [-0.2, 0) is 13.1 Å². The van der Waals surface area contributed by atoms with Gasteiger partial charge in [-0.05, 0) is 41.5 Å². The summed E-state index contributed by atoms with van der Waals surface area (Å²) in [6, 6.07) is 18.7. The van der Waals surface area contributed by atoms with Crippen molar-refractivity contribution in [2.45, 2.75) is 13.1 Å². The predicted molar refractivity (Wildman–Crippen MR) is 135 cm³/mol. The molecule has 0 saturated carbocycles. The zero-order valence-electron chi connectivity index (χ0n) is 18.5. The van der Waals surface area contributed by atoms with Crippen molar-refractivity contribution in [1.29, 1.82) is 0 Å². The number of phenolic OH excluding ortho intramolecular Hbond substituents is 1. The summed E-state index contributed by atoms with van der Waals surface area (Å²) in [7, 11) is 0. The number of phenols is 1. The third-order valence-electron chi connectivity index (χ3n) is 6.26. The maximum Gasteiger partial charge on any atom is 0.231 e. The van der Waals surface area contributed by atoms with Crippen molar-refractivity contribution in [1.82, 2.24) is 9.80 Å². The Morgan fingerprint density at radius 1 is 0.912 bits per heavy atom. The number of benzene rings is 3. The number of rotatable bonds is 5. The molecule has 34 heavy (non-hydrogen) atoms. The van der Waals surface area contributed by atoms with Crippen LogP contribution in [-0.4, -0.2) is 46.9 Å². The van der Waals surface area contributed by atoms with Gasteiger partial charge in [0, 0.05) is 49.3 Å². The number of fused-ring (bicyclic) bond motifs is 1. The molecule has 0 spiro atoms. The number of Topliss-reactive ketones (excluding diaryl/α,β-unsaturated/α-hetero) is 1. The Labute approximate surface area is 208 Å². The molecule has 0 radical (unpaired) electrons. The molecule has 2 heterocycles. The molecule has 0 aromatic heterocycles. The van der Waals surface area contributed by atoms with E-state index in [1.807, 2.05) is 6.07 Å². The quantitative estimate of drug-likeness (QED) is 0.465. The van der Waals surface area contributed by atoms with Gasteiger partial charge in [-0.1, -0.05) is 59.6 Å². The van der Waals surface area contributed by atoms with Gasteiger partial charge in [-0.15, -0.1) is 0 Å². The Morgan fingerprint density at radius 2 is 1.62 bits per heavy atom. The number of hydrogen-bond donors (Lipinski definition) is 1. The van der Waals surface area contributed by atoms with E-state index in [4.69, 9.17) is 27.9 Å². The molecule has 1 saturated heterocycles. The summed E-state index contributed by atoms with van der Waals surface area (Å²) >= 11 is 12.2. The van der Waals surface area contributed by atoms with Crippen molar-refractivity contribution < 1.29 is 14.6 Å². The number of nitrogens with zero attached hydrogens (tertiary/aromatic N) is 2. The first-order chi connectivity index (χ1) is 16.5. The highest BCUT2D eigenvalue weighted by Gasteiger charge is 2.32. The molecule has 5 nitrogen and oxygen atoms in total. The van der Waals surface area contributed by atoms with Crippen LogP contribution in [0.5, 0.6) is 11.5 Å². The molecule has 0 amide bonds. The molecule has 0 aliphatic carbocycles. The van der Waals surface area contributed by atoms with E-state index in [9.17, 15) is 9.90 Å². The molecular formula is C27H24Cl2N2O3. The lowest BCUT2D eigenvalue weighted by Crippen LogP contribution is -2.45. The van der Waals surface area contributed by atoms with Crippen LogP contribution in [0.2, 0.25) is 10.0 Å². The molecule has 2 aliphatic rings. The predicted octanol–water partition coefficient (Wildman–Crippen LogP) is 5.63. The number of hydrogen-bond acceptors (Lipinski definition) is 5. The van der Waals surface area contributed by atoms with Crippen LogP contribution in [0.15, 0.2) is 66.4 Å². The Kier molecular flexibility index (Phi) is 6.61. The highest BCUT2D eigenvalue weighted by molar-refractivity contribution is 6.35. The van der Waals surface area contributed by atoms with E-state index in [0.717, 1.165) is 32.7 Å². The molecule has 174 valence electrons. The third-order valence-corrected chi connectivity index (χ3v) is 6.82. The van der Waals surface area contributed by atoms with E-state index >= 15 is 0 Å². The molecule has 5 rings (SSSR count). The molecule has 0 bridgehead atoms. The van der Waals surface area contributed by atoms with E-state index < -0.39 is 0 Å². The van der Waals surface area contributed by atoms with Gasteiger partial charge in [-0.25, -0.2) is 0 Å². The SMILES string of the molecule is O=C1/C(=C/c2ccc(Cl)cc2Cl)Oc2c1ccc(O)c2CN1CCN(Cc2ccccc2)CC1. The maximum atomic E-state index is 13.0. The van der Waals surface area contributed by atoms with Crippen LogP contribution in [0.25, 0.3) is 6.08 Å². The number of ether oxygens (including phenoxy) is 1. The average molecular weight is 495 g/mol. The lowest BCUT2D eigenvalue weighted by molar-refractivity contribution is 0.101. The second kappa shape index (κ2) is 9.80. The van der Waals surface area contributed by atoms with Gasteiger partial charge in [-0.2, -0.15) is 0 Å². The summed E-state index contributed by atoms with van der Waals surface area (Å²) in [5.41, 5.74) is 3.03. The summed E-state index contributed by atoms with van der Waals surface area (Å²) in [5, 5.41) is 11.6. The van der Waals surface area contributed by atoms with Crippen molar-refractivity contribution in [3.8, 4) is 11.5 Å². The van der Waals surface area contributed by atoms with Crippen LogP contribution >= 0.6 is 23.2 Å². The van der Waals surface area contributed by atoms with Gasteiger partial charge in [0.2, 0.25) is 5.78 Å². The second-order valence-electron chi connectivity index (χ2n) is 8.58. The fourth-order valence-corrected chi connectivity index (χ4v) is 4.84. The van der Waals surface area contributed by atoms with Gasteiger partial charge in [0.05, 0.1) is 11.1 Å². The van der Waals surface area contributed by atoms with E-state index in [2.05, 4.69) is 34.1 Å². The minimum absolute atomic E-state index is 0.129. The first-order valence-corrected chi connectivity index (χ1v) is 12.0. The highest BCUT2D eigenvalue weighted by Crippen LogP contribution is 2.40. The number of carbonyl (C=O) groups excluding carboxylic acids is 1. The van der Waals surface area contributed by atoms with Crippen LogP contribution in [0.3, 0.4) is 0 Å². The smallest absolute Gasteiger partial charge is 0.231 e. The van der Waals surface area contributed by atoms with Crippen LogP contribution in [0.1, 0.15) is 27.0 Å². The number of halogens is 2. The minimum Gasteiger partial charge on any atom is -0.507 e. The van der Waals surface area contributed by atoms with Crippen LogP contribution < -0.4 is 4.74 Å². The molecule has 0 atom stereocenters. The summed E-state index contributed by atoms with van der Waals surface area (Å²) in [6.45, 7) is 5.05. The standard InChI is InChI=1S/C27H24Cl2N2O3/c28-20-7-6-19(23(29)15-20)14-25-26(33)21-8-9-24(32)22(27(21)34-25)17-31-12-10-30(11-13-31)16-18-4-2-1-3-5-18/h1-9,14-15,32H,10-13,16-17H2/b25-14-. The van der Waals surface area contributed by atoms with Gasteiger partial charge in [-0.3, -0.25) is 14.6 Å². The topological polar surface area (TPSA) is 53.0 Å². The van der Waals surface area contributed by atoms with E-state index in [1.165, 1.54) is 5.56 Å². The van der Waals surface area contributed by atoms with Crippen molar-refractivity contribution >= 4 is 35.1 Å². The first kappa shape index (κ1) is 22.9. The summed E-state index contributed by atoms with van der Waals surface area (Å²) < 4.78 is 5.98. The fraction of sp³-hybridized carbons (Fsp3) is 0.222. The second-order valence-corrected chi connectivity index (χ2v) is 9.43. The molecular weight excluding hydrogens is 471 g/mol. The number of allylic oxidation sites excluding steroid dienone is 1. The third kappa shape index (κ3) is 4.84. The van der Waals surface area contributed by atoms with Crippen molar-refractivity contribution in [2.75, 3.05) is 26.2 Å². The summed E-state index contributed by atoms with van der Waals surface area (Å²) in [4.78, 5) is 17.7. The lowest BCUT2D eigenvalue weighted by atomic mass is 10.0. The minimum atomic E-state index is -0.227. The Bertz CT molecular complexity index is 1250. The maximum absolute atomic E-state index is 13.0. The Morgan fingerprint density at radius 3 is 2.32 bits per heavy atom. The highest BCUT2D eigenvalue weighted by atomic mass is 35.5. The van der Waals surface area contributed by atoms with Gasteiger partial charge < -0.3 is 9.84 Å². The zero-order chi connectivity index (χ0) is 23.7. The molecule has 3 aromatic rings. The van der Waals surface area contributed by atoms with Gasteiger partial charge in [0.25, 0.3) is 0 Å². The summed E-state index contributed by atoms with van der Waals surface area (Å²) in [6.07, 6.45) is 1.62. The Balaban J connectivity index is 1.30. The number of aromatic hydroxyl groups is 1. The van der Waals surface area contributed by atoms with Crippen molar-refractivity contribution in [2.24, 2.45) is 0 Å². The van der Waals surface area contributed by atoms with E-state index in [1.54, 1.807) is 36.4 Å². The van der Waals surface area contributed by atoms with E-state index in [-0.39, 0.29) is 17.3 Å². The van der Waals surface area contributed by atoms with Crippen LogP contribution in [0, 0.1) is 0 Å².